The molecule has 1 heterocycles. The number of carbonyl (C=O) groups is 2. The van der Waals surface area contributed by atoms with E-state index in [0.29, 0.717) is 6.42 Å². The van der Waals surface area contributed by atoms with Crippen LogP contribution in [0.3, 0.4) is 0 Å². The minimum atomic E-state index is -0.521. The molecule has 0 radical (unpaired) electrons. The zero-order valence-electron chi connectivity index (χ0n) is 7.59. The molecule has 0 saturated carbocycles. The number of hydrogen-bond donors (Lipinski definition) is 0. The maximum Gasteiger partial charge on any atom is 0.417 e. The molecule has 1 aliphatic rings. The van der Waals surface area contributed by atoms with Crippen LogP contribution < -0.4 is 0 Å². The Balaban J connectivity index is 2.85. The van der Waals surface area contributed by atoms with Crippen molar-refractivity contribution < 1.29 is 14.3 Å². The van der Waals surface area contributed by atoms with Gasteiger partial charge >= 0.3 is 6.09 Å². The highest BCUT2D eigenvalue weighted by atomic mass is 16.6. The first kappa shape index (κ1) is 9.03. The molecular formula is C8H13NO3. The molecule has 12 heavy (non-hydrogen) atoms. The van der Waals surface area contributed by atoms with Crippen molar-refractivity contribution in [2.75, 3.05) is 6.61 Å². The van der Waals surface area contributed by atoms with Crippen molar-refractivity contribution in [3.8, 4) is 0 Å². The summed E-state index contributed by atoms with van der Waals surface area (Å²) in [5.74, 6) is -0.178. The molecule has 0 bridgehead atoms. The molecule has 0 aromatic heterocycles. The van der Waals surface area contributed by atoms with E-state index in [0.717, 1.165) is 0 Å². The highest BCUT2D eigenvalue weighted by Gasteiger charge is 2.43. The minimum Gasteiger partial charge on any atom is -0.447 e. The van der Waals surface area contributed by atoms with Gasteiger partial charge in [0.15, 0.2) is 0 Å². The van der Waals surface area contributed by atoms with E-state index in [-0.39, 0.29) is 12.5 Å². The van der Waals surface area contributed by atoms with Gasteiger partial charge in [0.25, 0.3) is 0 Å². The molecule has 1 fully saturated rings. The fourth-order valence-corrected chi connectivity index (χ4v) is 1.21. The fourth-order valence-electron chi connectivity index (χ4n) is 1.21. The summed E-state index contributed by atoms with van der Waals surface area (Å²) in [4.78, 5) is 23.5. The summed E-state index contributed by atoms with van der Waals surface area (Å²) in [6.45, 7) is 5.64. The minimum absolute atomic E-state index is 0.178. The normalized spacial score (nSPS) is 20.9. The zero-order valence-corrected chi connectivity index (χ0v) is 7.59. The first-order valence-corrected chi connectivity index (χ1v) is 3.99. The maximum atomic E-state index is 11.3. The monoisotopic (exact) mass is 171 g/mol. The van der Waals surface area contributed by atoms with Gasteiger partial charge in [-0.1, -0.05) is 6.92 Å². The third-order valence-electron chi connectivity index (χ3n) is 1.89. The molecule has 1 aliphatic heterocycles. The van der Waals surface area contributed by atoms with Gasteiger partial charge in [0.05, 0.1) is 5.54 Å². The molecule has 4 heteroatoms. The van der Waals surface area contributed by atoms with Gasteiger partial charge in [-0.05, 0) is 13.8 Å². The molecule has 1 rings (SSSR count). The van der Waals surface area contributed by atoms with Crippen LogP contribution in [0.2, 0.25) is 0 Å². The molecule has 4 nitrogen and oxygen atoms in total. The van der Waals surface area contributed by atoms with Crippen LogP contribution in [0.15, 0.2) is 0 Å². The van der Waals surface area contributed by atoms with Gasteiger partial charge in [0, 0.05) is 6.42 Å². The van der Waals surface area contributed by atoms with Crippen molar-refractivity contribution in [1.82, 2.24) is 4.90 Å². The summed E-state index contributed by atoms with van der Waals surface area (Å²) in [7, 11) is 0. The molecule has 68 valence electrons. The topological polar surface area (TPSA) is 46.6 Å². The van der Waals surface area contributed by atoms with Crippen LogP contribution >= 0.6 is 0 Å². The summed E-state index contributed by atoms with van der Waals surface area (Å²) in [5, 5.41) is 0. The number of carbonyl (C=O) groups excluding carboxylic acids is 2. The Morgan fingerprint density at radius 2 is 2.25 bits per heavy atom. The van der Waals surface area contributed by atoms with Crippen molar-refractivity contribution in [3.63, 3.8) is 0 Å². The van der Waals surface area contributed by atoms with Crippen LogP contribution in [0, 0.1) is 0 Å². The van der Waals surface area contributed by atoms with E-state index in [9.17, 15) is 9.59 Å². The van der Waals surface area contributed by atoms with E-state index in [1.165, 1.54) is 4.90 Å². The van der Waals surface area contributed by atoms with Crippen LogP contribution in [0.1, 0.15) is 27.2 Å². The molecule has 1 saturated heterocycles. The Hall–Kier alpha value is -1.06. The SMILES string of the molecule is CCC(=O)N1C(=O)OCC1(C)C. The highest BCUT2D eigenvalue weighted by Crippen LogP contribution is 2.23. The Bertz CT molecular complexity index is 222. The maximum absolute atomic E-state index is 11.3. The zero-order chi connectivity index (χ0) is 9.35. The van der Waals surface area contributed by atoms with Gasteiger partial charge in [-0.3, -0.25) is 4.79 Å². The van der Waals surface area contributed by atoms with Gasteiger partial charge in [0.1, 0.15) is 6.61 Å². The fraction of sp³-hybridized carbons (Fsp3) is 0.750. The first-order valence-electron chi connectivity index (χ1n) is 3.99. The van der Waals surface area contributed by atoms with Gasteiger partial charge < -0.3 is 4.74 Å². The average Bonchev–Trinajstić information content (AvgIpc) is 2.25. The van der Waals surface area contributed by atoms with Crippen LogP contribution in [-0.4, -0.2) is 29.0 Å². The summed E-state index contributed by atoms with van der Waals surface area (Å²) >= 11 is 0. The third kappa shape index (κ3) is 1.29. The number of nitrogens with zero attached hydrogens (tertiary/aromatic N) is 1. The Labute approximate surface area is 71.5 Å². The smallest absolute Gasteiger partial charge is 0.417 e. The van der Waals surface area contributed by atoms with Gasteiger partial charge in [-0.25, -0.2) is 9.69 Å². The summed E-state index contributed by atoms with van der Waals surface area (Å²) in [6, 6.07) is 0. The number of cyclic esters (lactones) is 1. The second-order valence-electron chi connectivity index (χ2n) is 3.45. The lowest BCUT2D eigenvalue weighted by Crippen LogP contribution is -2.45. The quantitative estimate of drug-likeness (QED) is 0.594. The highest BCUT2D eigenvalue weighted by molar-refractivity contribution is 5.94. The Morgan fingerprint density at radius 1 is 1.67 bits per heavy atom. The largest absolute Gasteiger partial charge is 0.447 e. The van der Waals surface area contributed by atoms with Crippen molar-refractivity contribution >= 4 is 12.0 Å². The van der Waals surface area contributed by atoms with E-state index in [2.05, 4.69) is 0 Å². The second kappa shape index (κ2) is 2.77. The Kier molecular flexibility index (Phi) is 2.08. The number of amides is 2. The van der Waals surface area contributed by atoms with Crippen LogP contribution in [-0.2, 0) is 9.53 Å². The summed E-state index contributed by atoms with van der Waals surface area (Å²) < 4.78 is 4.77. The molecule has 0 N–H and O–H groups in total. The van der Waals surface area contributed by atoms with E-state index in [1.807, 2.05) is 13.8 Å². The molecule has 0 spiro atoms. The predicted molar refractivity (Wildman–Crippen MR) is 42.6 cm³/mol. The van der Waals surface area contributed by atoms with E-state index < -0.39 is 11.6 Å². The van der Waals surface area contributed by atoms with E-state index in [1.54, 1.807) is 6.92 Å². The summed E-state index contributed by atoms with van der Waals surface area (Å²) in [6.07, 6.45) is -0.190. The molecule has 0 unspecified atom stereocenters. The average molecular weight is 171 g/mol. The standard InChI is InChI=1S/C8H13NO3/c1-4-6(10)9-7(11)12-5-8(9,2)3/h4-5H2,1-3H3. The van der Waals surface area contributed by atoms with Crippen LogP contribution in [0.4, 0.5) is 4.79 Å². The van der Waals surface area contributed by atoms with Gasteiger partial charge in [0.2, 0.25) is 5.91 Å². The molecule has 0 aliphatic carbocycles. The molecule has 0 aromatic carbocycles. The lowest BCUT2D eigenvalue weighted by molar-refractivity contribution is -0.130. The number of hydrogen-bond acceptors (Lipinski definition) is 3. The van der Waals surface area contributed by atoms with Crippen molar-refractivity contribution in [1.29, 1.82) is 0 Å². The molecular weight excluding hydrogens is 158 g/mol. The molecule has 0 aromatic rings. The number of imide groups is 1. The lowest BCUT2D eigenvalue weighted by atomic mass is 10.1. The first-order chi connectivity index (χ1) is 5.49. The summed E-state index contributed by atoms with van der Waals surface area (Å²) in [5.41, 5.74) is -0.482. The van der Waals surface area contributed by atoms with E-state index in [4.69, 9.17) is 4.74 Å². The molecule has 2 amide bonds. The predicted octanol–water partition coefficient (Wildman–Crippen LogP) is 1.15. The number of ether oxygens (including phenoxy) is 1. The lowest BCUT2D eigenvalue weighted by Gasteiger charge is -2.25. The number of rotatable bonds is 1. The van der Waals surface area contributed by atoms with Crippen molar-refractivity contribution in [3.05, 3.63) is 0 Å². The second-order valence-corrected chi connectivity index (χ2v) is 3.45. The van der Waals surface area contributed by atoms with Crippen LogP contribution in [0.5, 0.6) is 0 Å². The van der Waals surface area contributed by atoms with E-state index >= 15 is 0 Å². The van der Waals surface area contributed by atoms with Crippen molar-refractivity contribution in [2.45, 2.75) is 32.7 Å². The van der Waals surface area contributed by atoms with Crippen molar-refractivity contribution in [2.24, 2.45) is 0 Å². The Morgan fingerprint density at radius 3 is 2.58 bits per heavy atom. The van der Waals surface area contributed by atoms with Crippen LogP contribution in [0.25, 0.3) is 0 Å². The van der Waals surface area contributed by atoms with Gasteiger partial charge in [-0.15, -0.1) is 0 Å². The molecule has 0 atom stereocenters. The van der Waals surface area contributed by atoms with Gasteiger partial charge in [-0.2, -0.15) is 0 Å². The third-order valence-corrected chi connectivity index (χ3v) is 1.89.